The Hall–Kier alpha value is -1.44. The zero-order chi connectivity index (χ0) is 15.9. The summed E-state index contributed by atoms with van der Waals surface area (Å²) in [6, 6.07) is 10.2. The molecule has 0 aliphatic carbocycles. The average molecular weight is 386 g/mol. The topological polar surface area (TPSA) is 76.3 Å². The van der Waals surface area contributed by atoms with E-state index in [1.807, 2.05) is 30.6 Å². The minimum atomic E-state index is 0. The van der Waals surface area contributed by atoms with Crippen molar-refractivity contribution in [1.82, 2.24) is 14.9 Å². The molecule has 1 saturated heterocycles. The van der Waals surface area contributed by atoms with Gasteiger partial charge in [0.05, 0.1) is 12.7 Å². The van der Waals surface area contributed by atoms with Crippen LogP contribution in [-0.4, -0.2) is 47.2 Å². The van der Waals surface area contributed by atoms with Crippen molar-refractivity contribution in [2.75, 3.05) is 31.6 Å². The molecule has 3 N–H and O–H groups in total. The highest BCUT2D eigenvalue weighted by molar-refractivity contribution is 5.85. The summed E-state index contributed by atoms with van der Waals surface area (Å²) in [4.78, 5) is 11.1. The summed E-state index contributed by atoms with van der Waals surface area (Å²) >= 11 is 0. The van der Waals surface area contributed by atoms with Crippen LogP contribution in [0.25, 0.3) is 0 Å². The molecule has 1 fully saturated rings. The van der Waals surface area contributed by atoms with Crippen LogP contribution in [0.5, 0.6) is 0 Å². The number of rotatable bonds is 6. The third-order valence-electron chi connectivity index (χ3n) is 3.89. The van der Waals surface area contributed by atoms with E-state index in [0.29, 0.717) is 12.5 Å². The molecule has 0 spiro atoms. The fourth-order valence-electron chi connectivity index (χ4n) is 2.63. The van der Waals surface area contributed by atoms with Gasteiger partial charge in [-0.3, -0.25) is 4.90 Å². The van der Waals surface area contributed by atoms with E-state index >= 15 is 0 Å². The van der Waals surface area contributed by atoms with Gasteiger partial charge in [-0.25, -0.2) is 9.97 Å². The summed E-state index contributed by atoms with van der Waals surface area (Å²) in [5.41, 5.74) is 7.99. The molecule has 0 amide bonds. The van der Waals surface area contributed by atoms with E-state index in [0.717, 1.165) is 38.3 Å². The zero-order valence-corrected chi connectivity index (χ0v) is 15.6. The summed E-state index contributed by atoms with van der Waals surface area (Å²) in [7, 11) is 0. The molecule has 8 heteroatoms. The summed E-state index contributed by atoms with van der Waals surface area (Å²) in [6.07, 6.45) is 3.90. The lowest BCUT2D eigenvalue weighted by Crippen LogP contribution is -2.45. The Bertz CT molecular complexity index is 600. The standard InChI is InChI=1S/C17H23N5O.2ClH/c18-8-16-13-22(6-7-23-16)12-15-10-20-17(21-11-15)19-9-14-4-2-1-3-5-14;;/h1-5,10-11,16H,6-9,12-13,18H2,(H,19,20,21);2*1H. The van der Waals surface area contributed by atoms with Crippen molar-refractivity contribution in [3.8, 4) is 0 Å². The number of nitrogens with two attached hydrogens (primary N) is 1. The van der Waals surface area contributed by atoms with E-state index in [1.54, 1.807) is 0 Å². The van der Waals surface area contributed by atoms with Crippen LogP contribution >= 0.6 is 24.8 Å². The van der Waals surface area contributed by atoms with Gasteiger partial charge >= 0.3 is 0 Å². The molecule has 1 unspecified atom stereocenters. The van der Waals surface area contributed by atoms with Crippen molar-refractivity contribution in [2.45, 2.75) is 19.2 Å². The molecule has 1 atom stereocenters. The minimum Gasteiger partial charge on any atom is -0.374 e. The molecule has 0 bridgehead atoms. The van der Waals surface area contributed by atoms with Gasteiger partial charge in [0, 0.05) is 50.7 Å². The highest BCUT2D eigenvalue weighted by Gasteiger charge is 2.19. The number of hydrogen-bond donors (Lipinski definition) is 2. The molecule has 3 rings (SSSR count). The second-order valence-electron chi connectivity index (χ2n) is 5.72. The van der Waals surface area contributed by atoms with Gasteiger partial charge in [0.15, 0.2) is 0 Å². The molecule has 25 heavy (non-hydrogen) atoms. The lowest BCUT2D eigenvalue weighted by molar-refractivity contribution is -0.0261. The highest BCUT2D eigenvalue weighted by atomic mass is 35.5. The third kappa shape index (κ3) is 6.76. The van der Waals surface area contributed by atoms with Crippen LogP contribution in [-0.2, 0) is 17.8 Å². The van der Waals surface area contributed by atoms with E-state index in [1.165, 1.54) is 5.56 Å². The molecule has 1 aliphatic rings. The fourth-order valence-corrected chi connectivity index (χ4v) is 2.63. The molecule has 2 aromatic rings. The Balaban J connectivity index is 0.00000156. The number of nitrogens with zero attached hydrogens (tertiary/aromatic N) is 3. The molecule has 2 heterocycles. The molecule has 6 nitrogen and oxygen atoms in total. The highest BCUT2D eigenvalue weighted by Crippen LogP contribution is 2.10. The molecule has 0 radical (unpaired) electrons. The maximum Gasteiger partial charge on any atom is 0.222 e. The monoisotopic (exact) mass is 385 g/mol. The number of halogens is 2. The largest absolute Gasteiger partial charge is 0.374 e. The van der Waals surface area contributed by atoms with E-state index in [4.69, 9.17) is 10.5 Å². The predicted octanol–water partition coefficient (Wildman–Crippen LogP) is 2.09. The van der Waals surface area contributed by atoms with Gasteiger partial charge in [-0.15, -0.1) is 24.8 Å². The van der Waals surface area contributed by atoms with Crippen molar-refractivity contribution in [2.24, 2.45) is 5.73 Å². The predicted molar refractivity (Wildman–Crippen MR) is 104 cm³/mol. The van der Waals surface area contributed by atoms with E-state index < -0.39 is 0 Å². The average Bonchev–Trinajstić information content (AvgIpc) is 2.62. The normalized spacial score (nSPS) is 17.2. The molecule has 1 aliphatic heterocycles. The summed E-state index contributed by atoms with van der Waals surface area (Å²) in [5, 5.41) is 3.24. The van der Waals surface area contributed by atoms with Crippen LogP contribution in [0.15, 0.2) is 42.7 Å². The van der Waals surface area contributed by atoms with Crippen LogP contribution in [0.4, 0.5) is 5.95 Å². The van der Waals surface area contributed by atoms with E-state index in [-0.39, 0.29) is 30.9 Å². The first-order valence-corrected chi connectivity index (χ1v) is 7.96. The lowest BCUT2D eigenvalue weighted by atomic mass is 10.2. The number of anilines is 1. The molecular formula is C17H25Cl2N5O. The fraction of sp³-hybridized carbons (Fsp3) is 0.412. The summed E-state index contributed by atoms with van der Waals surface area (Å²) in [6.45, 7) is 4.64. The molecule has 0 saturated carbocycles. The number of benzene rings is 1. The minimum absolute atomic E-state index is 0. The second-order valence-corrected chi connectivity index (χ2v) is 5.72. The quantitative estimate of drug-likeness (QED) is 0.792. The Morgan fingerprint density at radius 1 is 1.12 bits per heavy atom. The van der Waals surface area contributed by atoms with Crippen molar-refractivity contribution in [3.63, 3.8) is 0 Å². The molecular weight excluding hydrogens is 361 g/mol. The van der Waals surface area contributed by atoms with Gasteiger partial charge < -0.3 is 15.8 Å². The Kier molecular flexibility index (Phi) is 9.70. The summed E-state index contributed by atoms with van der Waals surface area (Å²) < 4.78 is 5.58. The Morgan fingerprint density at radius 3 is 2.52 bits per heavy atom. The van der Waals surface area contributed by atoms with Gasteiger partial charge in [-0.2, -0.15) is 0 Å². The van der Waals surface area contributed by atoms with Crippen LogP contribution in [0.2, 0.25) is 0 Å². The zero-order valence-electron chi connectivity index (χ0n) is 14.0. The number of hydrogen-bond acceptors (Lipinski definition) is 6. The third-order valence-corrected chi connectivity index (χ3v) is 3.89. The number of aromatic nitrogens is 2. The molecule has 1 aromatic heterocycles. The van der Waals surface area contributed by atoms with Crippen LogP contribution < -0.4 is 11.1 Å². The lowest BCUT2D eigenvalue weighted by Gasteiger charge is -2.32. The van der Waals surface area contributed by atoms with Crippen LogP contribution in [0.3, 0.4) is 0 Å². The second kappa shape index (κ2) is 11.2. The molecule has 1 aromatic carbocycles. The Labute approximate surface area is 161 Å². The van der Waals surface area contributed by atoms with Gasteiger partial charge in [0.25, 0.3) is 0 Å². The Morgan fingerprint density at radius 2 is 1.84 bits per heavy atom. The number of morpholine rings is 1. The maximum atomic E-state index is 5.68. The van der Waals surface area contributed by atoms with E-state index in [9.17, 15) is 0 Å². The van der Waals surface area contributed by atoms with Gasteiger partial charge in [-0.1, -0.05) is 30.3 Å². The van der Waals surface area contributed by atoms with Crippen molar-refractivity contribution >= 4 is 30.8 Å². The van der Waals surface area contributed by atoms with Crippen LogP contribution in [0.1, 0.15) is 11.1 Å². The smallest absolute Gasteiger partial charge is 0.222 e. The summed E-state index contributed by atoms with van der Waals surface area (Å²) in [5.74, 6) is 0.652. The van der Waals surface area contributed by atoms with Gasteiger partial charge in [0.2, 0.25) is 5.95 Å². The van der Waals surface area contributed by atoms with Gasteiger partial charge in [-0.05, 0) is 5.56 Å². The van der Waals surface area contributed by atoms with Crippen molar-refractivity contribution < 1.29 is 4.74 Å². The van der Waals surface area contributed by atoms with Crippen LogP contribution in [0, 0.1) is 0 Å². The number of ether oxygens (including phenoxy) is 1. The maximum absolute atomic E-state index is 5.68. The van der Waals surface area contributed by atoms with Crippen molar-refractivity contribution in [3.05, 3.63) is 53.9 Å². The first kappa shape index (κ1) is 21.6. The number of nitrogens with one attached hydrogen (secondary N) is 1. The van der Waals surface area contributed by atoms with E-state index in [2.05, 4.69) is 32.3 Å². The molecule has 138 valence electrons. The first-order valence-electron chi connectivity index (χ1n) is 7.96. The van der Waals surface area contributed by atoms with Gasteiger partial charge in [0.1, 0.15) is 0 Å². The first-order chi connectivity index (χ1) is 11.3. The SMILES string of the molecule is Cl.Cl.NCC1CN(Cc2cnc(NCc3ccccc3)nc2)CCO1. The van der Waals surface area contributed by atoms with Crippen molar-refractivity contribution in [1.29, 1.82) is 0 Å².